The van der Waals surface area contributed by atoms with Crippen LogP contribution >= 0.6 is 0 Å². The summed E-state index contributed by atoms with van der Waals surface area (Å²) < 4.78 is 10.8. The smallest absolute Gasteiger partial charge is 0.224 e. The molecule has 1 aliphatic rings. The summed E-state index contributed by atoms with van der Waals surface area (Å²) in [6.45, 7) is 7.09. The molecule has 1 unspecified atom stereocenters. The second kappa shape index (κ2) is 9.52. The summed E-state index contributed by atoms with van der Waals surface area (Å²) in [7, 11) is 3.23. The van der Waals surface area contributed by atoms with Gasteiger partial charge in [0.1, 0.15) is 0 Å². The van der Waals surface area contributed by atoms with Crippen molar-refractivity contribution >= 4 is 22.9 Å². The second-order valence-electron chi connectivity index (χ2n) is 7.94. The topological polar surface area (TPSA) is 111 Å². The van der Waals surface area contributed by atoms with Crippen molar-refractivity contribution < 1.29 is 9.47 Å². The van der Waals surface area contributed by atoms with Gasteiger partial charge in [0, 0.05) is 31.2 Å². The van der Waals surface area contributed by atoms with E-state index >= 15 is 0 Å². The number of rotatable bonds is 7. The molecule has 0 spiro atoms. The zero-order valence-electron chi connectivity index (χ0n) is 19.1. The molecule has 1 atom stereocenters. The molecule has 170 valence electrons. The van der Waals surface area contributed by atoms with Crippen molar-refractivity contribution in [2.75, 3.05) is 44.5 Å². The van der Waals surface area contributed by atoms with Crippen molar-refractivity contribution in [1.82, 2.24) is 25.3 Å². The van der Waals surface area contributed by atoms with E-state index in [0.29, 0.717) is 40.3 Å². The number of fused-ring (bicyclic) bond motifs is 1. The third-order valence-electron chi connectivity index (χ3n) is 6.23. The molecule has 3 N–H and O–H groups in total. The number of methoxy groups -OCH3 is 2. The number of hydrogen-bond acceptors (Lipinski definition) is 9. The molecule has 3 aromatic rings. The van der Waals surface area contributed by atoms with E-state index < -0.39 is 0 Å². The highest BCUT2D eigenvalue weighted by atomic mass is 16.5. The Morgan fingerprint density at radius 2 is 1.91 bits per heavy atom. The van der Waals surface area contributed by atoms with E-state index in [1.807, 2.05) is 18.2 Å². The van der Waals surface area contributed by atoms with Gasteiger partial charge in [0.25, 0.3) is 0 Å². The van der Waals surface area contributed by atoms with E-state index in [1.165, 1.54) is 0 Å². The zero-order valence-corrected chi connectivity index (χ0v) is 19.1. The van der Waals surface area contributed by atoms with Crippen molar-refractivity contribution in [2.24, 2.45) is 5.92 Å². The van der Waals surface area contributed by atoms with Crippen molar-refractivity contribution in [3.63, 3.8) is 0 Å². The van der Waals surface area contributed by atoms with Gasteiger partial charge in [0.2, 0.25) is 5.95 Å². The molecule has 0 saturated carbocycles. The monoisotopic (exact) mass is 437 g/mol. The Kier molecular flexibility index (Phi) is 6.55. The molecule has 9 heteroatoms. The summed E-state index contributed by atoms with van der Waals surface area (Å²) in [6.07, 6.45) is 3.90. The van der Waals surface area contributed by atoms with Crippen LogP contribution in [0, 0.1) is 5.92 Å². The van der Waals surface area contributed by atoms with Crippen LogP contribution in [0.25, 0.3) is 22.4 Å². The SMILES string of the molecule is CCC(CC)C1CNCCN1c1nc(N)nc2ncc(-c3ccc(OC)c(OC)c3)nc12. The number of ether oxygens (including phenoxy) is 2. The van der Waals surface area contributed by atoms with Gasteiger partial charge >= 0.3 is 0 Å². The van der Waals surface area contributed by atoms with E-state index in [1.54, 1.807) is 20.4 Å². The second-order valence-corrected chi connectivity index (χ2v) is 7.94. The summed E-state index contributed by atoms with van der Waals surface area (Å²) in [4.78, 5) is 20.8. The number of hydrogen-bond donors (Lipinski definition) is 2. The molecule has 2 aromatic heterocycles. The third-order valence-corrected chi connectivity index (χ3v) is 6.23. The van der Waals surface area contributed by atoms with E-state index in [9.17, 15) is 0 Å². The Morgan fingerprint density at radius 3 is 2.62 bits per heavy atom. The molecule has 0 amide bonds. The van der Waals surface area contributed by atoms with Crippen molar-refractivity contribution in [2.45, 2.75) is 32.7 Å². The normalized spacial score (nSPS) is 16.5. The van der Waals surface area contributed by atoms with Crippen LogP contribution in [0.3, 0.4) is 0 Å². The predicted molar refractivity (Wildman–Crippen MR) is 126 cm³/mol. The van der Waals surface area contributed by atoms with Gasteiger partial charge in [0.15, 0.2) is 28.5 Å². The summed E-state index contributed by atoms with van der Waals surface area (Å²) in [5.41, 5.74) is 8.81. The first-order valence-electron chi connectivity index (χ1n) is 11.1. The van der Waals surface area contributed by atoms with Gasteiger partial charge in [-0.15, -0.1) is 0 Å². The fraction of sp³-hybridized carbons (Fsp3) is 0.478. The molecule has 0 radical (unpaired) electrons. The molecule has 1 aromatic carbocycles. The lowest BCUT2D eigenvalue weighted by Gasteiger charge is -2.41. The largest absolute Gasteiger partial charge is 0.493 e. The van der Waals surface area contributed by atoms with Crippen LogP contribution in [0.1, 0.15) is 26.7 Å². The van der Waals surface area contributed by atoms with Gasteiger partial charge < -0.3 is 25.4 Å². The standard InChI is InChI=1S/C23H31N7O2/c1-5-14(6-2)17-13-25-9-10-30(17)22-20-21(28-23(24)29-22)26-12-16(27-20)15-7-8-18(31-3)19(11-15)32-4/h7-8,11-12,14,17,25H,5-6,9-10,13H2,1-4H3,(H2,24,26,28,29). The number of anilines is 2. The minimum absolute atomic E-state index is 0.211. The fourth-order valence-corrected chi connectivity index (χ4v) is 4.49. The van der Waals surface area contributed by atoms with Gasteiger partial charge in [-0.05, 0) is 24.1 Å². The molecule has 0 bridgehead atoms. The molecule has 1 fully saturated rings. The maximum atomic E-state index is 6.07. The quantitative estimate of drug-likeness (QED) is 0.576. The first-order chi connectivity index (χ1) is 15.6. The van der Waals surface area contributed by atoms with E-state index in [-0.39, 0.29) is 5.95 Å². The van der Waals surface area contributed by atoms with Crippen LogP contribution < -0.4 is 25.4 Å². The number of nitrogens with one attached hydrogen (secondary N) is 1. The maximum Gasteiger partial charge on any atom is 0.224 e. The molecule has 1 aliphatic heterocycles. The number of piperazine rings is 1. The first kappa shape index (κ1) is 22.0. The molecular formula is C23H31N7O2. The lowest BCUT2D eigenvalue weighted by Crippen LogP contribution is -2.55. The van der Waals surface area contributed by atoms with Crippen LogP contribution in [-0.4, -0.2) is 59.8 Å². The molecule has 4 rings (SSSR count). The Hall–Kier alpha value is -3.20. The number of benzene rings is 1. The number of aromatic nitrogens is 4. The van der Waals surface area contributed by atoms with Gasteiger partial charge in [-0.2, -0.15) is 9.97 Å². The third kappa shape index (κ3) is 4.12. The molecular weight excluding hydrogens is 406 g/mol. The Morgan fingerprint density at radius 1 is 1.12 bits per heavy atom. The number of nitrogens with zero attached hydrogens (tertiary/aromatic N) is 5. The average molecular weight is 438 g/mol. The molecule has 3 heterocycles. The van der Waals surface area contributed by atoms with Gasteiger partial charge in [0.05, 0.1) is 26.1 Å². The fourth-order valence-electron chi connectivity index (χ4n) is 4.49. The molecule has 0 aliphatic carbocycles. The van der Waals surface area contributed by atoms with E-state index in [4.69, 9.17) is 20.2 Å². The molecule has 32 heavy (non-hydrogen) atoms. The zero-order chi connectivity index (χ0) is 22.7. The van der Waals surface area contributed by atoms with Crippen molar-refractivity contribution in [3.05, 3.63) is 24.4 Å². The summed E-state index contributed by atoms with van der Waals surface area (Å²) in [5.74, 6) is 2.80. The Labute approximate surface area is 188 Å². The summed E-state index contributed by atoms with van der Waals surface area (Å²) >= 11 is 0. The highest BCUT2D eigenvalue weighted by molar-refractivity contribution is 5.86. The average Bonchev–Trinajstić information content (AvgIpc) is 2.84. The molecule has 9 nitrogen and oxygen atoms in total. The highest BCUT2D eigenvalue weighted by Crippen LogP contribution is 2.34. The van der Waals surface area contributed by atoms with Crippen LogP contribution in [0.5, 0.6) is 11.5 Å². The summed E-state index contributed by atoms with van der Waals surface area (Å²) in [6, 6.07) is 6.00. The number of nitrogens with two attached hydrogens (primary N) is 1. The van der Waals surface area contributed by atoms with Crippen LogP contribution in [0.2, 0.25) is 0 Å². The predicted octanol–water partition coefficient (Wildman–Crippen LogP) is 2.90. The van der Waals surface area contributed by atoms with Crippen molar-refractivity contribution in [3.8, 4) is 22.8 Å². The minimum atomic E-state index is 0.211. The first-order valence-corrected chi connectivity index (χ1v) is 11.1. The van der Waals surface area contributed by atoms with E-state index in [0.717, 1.165) is 43.9 Å². The van der Waals surface area contributed by atoms with Crippen LogP contribution in [-0.2, 0) is 0 Å². The maximum absolute atomic E-state index is 6.07. The van der Waals surface area contributed by atoms with Gasteiger partial charge in [-0.25, -0.2) is 9.97 Å². The van der Waals surface area contributed by atoms with Gasteiger partial charge in [-0.1, -0.05) is 26.7 Å². The number of nitrogen functional groups attached to an aromatic ring is 1. The lowest BCUT2D eigenvalue weighted by atomic mass is 9.91. The minimum Gasteiger partial charge on any atom is -0.493 e. The molecule has 1 saturated heterocycles. The Bertz CT molecular complexity index is 1090. The lowest BCUT2D eigenvalue weighted by molar-refractivity contribution is 0.332. The van der Waals surface area contributed by atoms with E-state index in [2.05, 4.69) is 39.0 Å². The summed E-state index contributed by atoms with van der Waals surface area (Å²) in [5, 5.41) is 3.53. The highest BCUT2D eigenvalue weighted by Gasteiger charge is 2.31. The van der Waals surface area contributed by atoms with Crippen molar-refractivity contribution in [1.29, 1.82) is 0 Å². The van der Waals surface area contributed by atoms with Crippen LogP contribution in [0.4, 0.5) is 11.8 Å². The van der Waals surface area contributed by atoms with Crippen LogP contribution in [0.15, 0.2) is 24.4 Å². The Balaban J connectivity index is 1.83. The van der Waals surface area contributed by atoms with Gasteiger partial charge in [-0.3, -0.25) is 0 Å².